The van der Waals surface area contributed by atoms with Crippen LogP contribution in [0.15, 0.2) is 28.8 Å². The van der Waals surface area contributed by atoms with Crippen molar-refractivity contribution in [2.45, 2.75) is 19.3 Å². The summed E-state index contributed by atoms with van der Waals surface area (Å²) in [6.07, 6.45) is 1.59. The van der Waals surface area contributed by atoms with E-state index in [2.05, 4.69) is 20.4 Å². The Morgan fingerprint density at radius 1 is 1.30 bits per heavy atom. The lowest BCUT2D eigenvalue weighted by Gasteiger charge is -2.09. The lowest BCUT2D eigenvalue weighted by atomic mass is 10.2. The van der Waals surface area contributed by atoms with Crippen LogP contribution in [-0.4, -0.2) is 48.1 Å². The third-order valence-corrected chi connectivity index (χ3v) is 3.24. The first-order valence-corrected chi connectivity index (χ1v) is 7.54. The topological polar surface area (TPSA) is 71.3 Å². The van der Waals surface area contributed by atoms with E-state index in [0.717, 1.165) is 13.0 Å². The molecule has 0 spiro atoms. The molecular formula is C16H21FN4O2. The van der Waals surface area contributed by atoms with E-state index in [4.69, 9.17) is 4.52 Å². The van der Waals surface area contributed by atoms with Gasteiger partial charge in [0.1, 0.15) is 5.82 Å². The summed E-state index contributed by atoms with van der Waals surface area (Å²) in [4.78, 5) is 18.0. The van der Waals surface area contributed by atoms with Crippen molar-refractivity contribution in [3.63, 3.8) is 0 Å². The summed E-state index contributed by atoms with van der Waals surface area (Å²) in [7, 11) is 3.99. The van der Waals surface area contributed by atoms with E-state index >= 15 is 0 Å². The molecule has 0 radical (unpaired) electrons. The van der Waals surface area contributed by atoms with E-state index in [1.54, 1.807) is 12.1 Å². The summed E-state index contributed by atoms with van der Waals surface area (Å²) < 4.78 is 18.0. The molecule has 2 rings (SSSR count). The Bertz CT molecular complexity index is 625. The predicted molar refractivity (Wildman–Crippen MR) is 84.2 cm³/mol. The van der Waals surface area contributed by atoms with Crippen molar-refractivity contribution in [2.75, 3.05) is 27.2 Å². The van der Waals surface area contributed by atoms with Crippen LogP contribution in [0.1, 0.15) is 18.7 Å². The number of hydrogen-bond donors (Lipinski definition) is 1. The summed E-state index contributed by atoms with van der Waals surface area (Å²) in [5.41, 5.74) is 0.675. The Labute approximate surface area is 134 Å². The zero-order chi connectivity index (χ0) is 16.7. The summed E-state index contributed by atoms with van der Waals surface area (Å²) in [5, 5.41) is 6.70. The highest BCUT2D eigenvalue weighted by Crippen LogP contribution is 2.16. The highest BCUT2D eigenvalue weighted by atomic mass is 19.1. The molecule has 0 atom stereocenters. The van der Waals surface area contributed by atoms with Crippen LogP contribution in [0.4, 0.5) is 4.39 Å². The summed E-state index contributed by atoms with van der Waals surface area (Å²) in [6.45, 7) is 1.59. The van der Waals surface area contributed by atoms with Gasteiger partial charge in [0.25, 0.3) is 0 Å². The van der Waals surface area contributed by atoms with Gasteiger partial charge in [0, 0.05) is 24.9 Å². The minimum absolute atomic E-state index is 0.0368. The number of aryl methyl sites for hydroxylation is 1. The SMILES string of the molecule is CN(C)CCCNC(=O)CCc1nc(-c2ccc(F)cc2)no1. The Hall–Kier alpha value is -2.28. The summed E-state index contributed by atoms with van der Waals surface area (Å²) in [5.74, 6) is 0.438. The lowest BCUT2D eigenvalue weighted by molar-refractivity contribution is -0.121. The number of halogens is 1. The van der Waals surface area contributed by atoms with Crippen molar-refractivity contribution >= 4 is 5.91 Å². The van der Waals surface area contributed by atoms with E-state index in [0.29, 0.717) is 36.7 Å². The molecule has 0 fully saturated rings. The van der Waals surface area contributed by atoms with Crippen molar-refractivity contribution in [1.82, 2.24) is 20.4 Å². The summed E-state index contributed by atoms with van der Waals surface area (Å²) in [6, 6.07) is 5.85. The fourth-order valence-electron chi connectivity index (χ4n) is 2.00. The van der Waals surface area contributed by atoms with Crippen LogP contribution in [0.2, 0.25) is 0 Å². The van der Waals surface area contributed by atoms with E-state index < -0.39 is 0 Å². The maximum atomic E-state index is 12.9. The Kier molecular flexibility index (Phi) is 6.22. The van der Waals surface area contributed by atoms with Gasteiger partial charge in [0.05, 0.1) is 0 Å². The minimum atomic E-state index is -0.316. The van der Waals surface area contributed by atoms with Crippen LogP contribution in [0.3, 0.4) is 0 Å². The van der Waals surface area contributed by atoms with E-state index in [1.807, 2.05) is 14.1 Å². The molecule has 0 aliphatic rings. The molecule has 6 nitrogen and oxygen atoms in total. The van der Waals surface area contributed by atoms with Crippen LogP contribution >= 0.6 is 0 Å². The first-order chi connectivity index (χ1) is 11.0. The maximum Gasteiger partial charge on any atom is 0.227 e. The largest absolute Gasteiger partial charge is 0.356 e. The molecule has 23 heavy (non-hydrogen) atoms. The molecule has 0 unspecified atom stereocenters. The minimum Gasteiger partial charge on any atom is -0.356 e. The Balaban J connectivity index is 1.76. The normalized spacial score (nSPS) is 11.0. The summed E-state index contributed by atoms with van der Waals surface area (Å²) >= 11 is 0. The third-order valence-electron chi connectivity index (χ3n) is 3.24. The van der Waals surface area contributed by atoms with Gasteiger partial charge < -0.3 is 14.7 Å². The van der Waals surface area contributed by atoms with Crippen LogP contribution in [0, 0.1) is 5.82 Å². The lowest BCUT2D eigenvalue weighted by Crippen LogP contribution is -2.27. The maximum absolute atomic E-state index is 12.9. The average Bonchev–Trinajstić information content (AvgIpc) is 2.99. The number of carbonyl (C=O) groups is 1. The van der Waals surface area contributed by atoms with Gasteiger partial charge in [-0.15, -0.1) is 0 Å². The molecule has 1 N–H and O–H groups in total. The number of hydrogen-bond acceptors (Lipinski definition) is 5. The van der Waals surface area contributed by atoms with Gasteiger partial charge in [0.15, 0.2) is 0 Å². The molecule has 1 amide bonds. The van der Waals surface area contributed by atoms with Crippen molar-refractivity contribution in [1.29, 1.82) is 0 Å². The van der Waals surface area contributed by atoms with Crippen molar-refractivity contribution in [3.05, 3.63) is 36.0 Å². The molecule has 2 aromatic rings. The first kappa shape index (κ1) is 17.1. The number of rotatable bonds is 8. The molecule has 0 saturated heterocycles. The second-order valence-electron chi connectivity index (χ2n) is 5.53. The van der Waals surface area contributed by atoms with Crippen LogP contribution < -0.4 is 5.32 Å². The quantitative estimate of drug-likeness (QED) is 0.752. The van der Waals surface area contributed by atoms with Crippen molar-refractivity contribution < 1.29 is 13.7 Å². The number of amides is 1. The monoisotopic (exact) mass is 320 g/mol. The number of nitrogens with zero attached hydrogens (tertiary/aromatic N) is 3. The van der Waals surface area contributed by atoms with Crippen LogP contribution in [0.25, 0.3) is 11.4 Å². The molecule has 124 valence electrons. The predicted octanol–water partition coefficient (Wildman–Crippen LogP) is 1.88. The number of aromatic nitrogens is 2. The molecule has 1 heterocycles. The molecule has 0 bridgehead atoms. The molecule has 1 aromatic carbocycles. The molecular weight excluding hydrogens is 299 g/mol. The second kappa shape index (κ2) is 8.38. The van der Waals surface area contributed by atoms with Crippen molar-refractivity contribution in [3.8, 4) is 11.4 Å². The molecule has 1 aromatic heterocycles. The zero-order valence-corrected chi connectivity index (χ0v) is 13.4. The molecule has 0 aliphatic heterocycles. The molecule has 0 aliphatic carbocycles. The number of nitrogens with one attached hydrogen (secondary N) is 1. The number of carbonyl (C=O) groups excluding carboxylic acids is 1. The van der Waals surface area contributed by atoms with Gasteiger partial charge in [-0.2, -0.15) is 4.98 Å². The van der Waals surface area contributed by atoms with Gasteiger partial charge in [-0.3, -0.25) is 4.79 Å². The van der Waals surface area contributed by atoms with E-state index in [1.165, 1.54) is 12.1 Å². The zero-order valence-electron chi connectivity index (χ0n) is 13.4. The third kappa shape index (κ3) is 5.78. The van der Waals surface area contributed by atoms with Gasteiger partial charge >= 0.3 is 0 Å². The van der Waals surface area contributed by atoms with Crippen molar-refractivity contribution in [2.24, 2.45) is 0 Å². The second-order valence-corrected chi connectivity index (χ2v) is 5.53. The molecule has 0 saturated carbocycles. The highest BCUT2D eigenvalue weighted by Gasteiger charge is 2.10. The average molecular weight is 320 g/mol. The number of benzene rings is 1. The first-order valence-electron chi connectivity index (χ1n) is 7.54. The Morgan fingerprint density at radius 3 is 2.74 bits per heavy atom. The van der Waals surface area contributed by atoms with Crippen LogP contribution in [0.5, 0.6) is 0 Å². The van der Waals surface area contributed by atoms with Gasteiger partial charge in [0.2, 0.25) is 17.6 Å². The smallest absolute Gasteiger partial charge is 0.227 e. The Morgan fingerprint density at radius 2 is 2.04 bits per heavy atom. The fourth-order valence-corrected chi connectivity index (χ4v) is 2.00. The van der Waals surface area contributed by atoms with Crippen LogP contribution in [-0.2, 0) is 11.2 Å². The standard InChI is InChI=1S/C16H21FN4O2/c1-21(2)11-3-10-18-14(22)8-9-15-19-16(20-23-15)12-4-6-13(17)7-5-12/h4-7H,3,8-11H2,1-2H3,(H,18,22). The molecule has 7 heteroatoms. The van der Waals surface area contributed by atoms with E-state index in [-0.39, 0.29) is 11.7 Å². The van der Waals surface area contributed by atoms with E-state index in [9.17, 15) is 9.18 Å². The van der Waals surface area contributed by atoms with Gasteiger partial charge in [-0.1, -0.05) is 5.16 Å². The van der Waals surface area contributed by atoms with Gasteiger partial charge in [-0.05, 0) is 51.3 Å². The fraction of sp³-hybridized carbons (Fsp3) is 0.438. The highest BCUT2D eigenvalue weighted by molar-refractivity contribution is 5.75. The van der Waals surface area contributed by atoms with Gasteiger partial charge in [-0.25, -0.2) is 4.39 Å².